The minimum absolute atomic E-state index is 0.253. The fourth-order valence-corrected chi connectivity index (χ4v) is 1.45. The molecule has 0 heterocycles. The number of hydrogen-bond acceptors (Lipinski definition) is 2. The van der Waals surface area contributed by atoms with Crippen LogP contribution < -0.4 is 0 Å². The molecule has 1 radical (unpaired) electrons. The third-order valence-electron chi connectivity index (χ3n) is 2.19. The van der Waals surface area contributed by atoms with Crippen LogP contribution in [0.2, 0.25) is 0 Å². The molecule has 0 spiro atoms. The van der Waals surface area contributed by atoms with Crippen molar-refractivity contribution in [2.45, 2.75) is 51.7 Å². The topological polar surface area (TPSA) is 18.5 Å². The first kappa shape index (κ1) is 12.9. The molecule has 0 aliphatic rings. The Bertz CT molecular complexity index is 94.3. The summed E-state index contributed by atoms with van der Waals surface area (Å²) in [7, 11) is 1.74. The van der Waals surface area contributed by atoms with Gasteiger partial charge in [-0.05, 0) is 26.2 Å². The van der Waals surface area contributed by atoms with Gasteiger partial charge in [0.2, 0.25) is 0 Å². The van der Waals surface area contributed by atoms with Crippen LogP contribution in [-0.4, -0.2) is 25.9 Å². The van der Waals surface area contributed by atoms with Gasteiger partial charge in [-0.1, -0.05) is 20.3 Å². The lowest BCUT2D eigenvalue weighted by molar-refractivity contribution is 0.000798. The lowest BCUT2D eigenvalue weighted by Gasteiger charge is -2.21. The summed E-state index contributed by atoms with van der Waals surface area (Å²) in [6.45, 7) is 8.85. The van der Waals surface area contributed by atoms with Crippen LogP contribution in [0.5, 0.6) is 0 Å². The van der Waals surface area contributed by atoms with Crippen LogP contribution in [0, 0.1) is 6.92 Å². The molecule has 0 aliphatic carbocycles. The summed E-state index contributed by atoms with van der Waals surface area (Å²) >= 11 is 0. The van der Waals surface area contributed by atoms with E-state index in [1.54, 1.807) is 7.11 Å². The van der Waals surface area contributed by atoms with Crippen molar-refractivity contribution in [2.75, 3.05) is 13.7 Å². The zero-order valence-corrected chi connectivity index (χ0v) is 9.21. The van der Waals surface area contributed by atoms with Gasteiger partial charge < -0.3 is 9.47 Å². The Morgan fingerprint density at radius 1 is 1.23 bits per heavy atom. The smallest absolute Gasteiger partial charge is 0.0599 e. The Balaban J connectivity index is 3.76. The van der Waals surface area contributed by atoms with Crippen molar-refractivity contribution in [1.82, 2.24) is 0 Å². The molecule has 0 aromatic rings. The summed E-state index contributed by atoms with van der Waals surface area (Å²) in [6.07, 6.45) is 4.68. The molecular weight excluding hydrogens is 164 g/mol. The lowest BCUT2D eigenvalue weighted by Crippen LogP contribution is -2.22. The molecule has 0 aliphatic heterocycles. The van der Waals surface area contributed by atoms with E-state index < -0.39 is 0 Å². The molecule has 13 heavy (non-hydrogen) atoms. The van der Waals surface area contributed by atoms with Crippen molar-refractivity contribution in [1.29, 1.82) is 0 Å². The molecule has 2 atom stereocenters. The number of methoxy groups -OCH3 is 1. The molecular formula is C11H23O2. The first-order chi connectivity index (χ1) is 6.28. The maximum atomic E-state index is 5.61. The van der Waals surface area contributed by atoms with Gasteiger partial charge in [0.1, 0.15) is 0 Å². The van der Waals surface area contributed by atoms with Crippen LogP contribution in [0.4, 0.5) is 0 Å². The van der Waals surface area contributed by atoms with Crippen molar-refractivity contribution in [3.8, 4) is 0 Å². The molecule has 0 aromatic heterocycles. The van der Waals surface area contributed by atoms with E-state index in [1.165, 1.54) is 0 Å². The van der Waals surface area contributed by atoms with Gasteiger partial charge in [-0.2, -0.15) is 0 Å². The van der Waals surface area contributed by atoms with Crippen LogP contribution in [0.3, 0.4) is 0 Å². The summed E-state index contributed by atoms with van der Waals surface area (Å²) in [6, 6.07) is 0. The van der Waals surface area contributed by atoms with E-state index in [-0.39, 0.29) is 6.10 Å². The minimum Gasteiger partial charge on any atom is -0.381 e. The van der Waals surface area contributed by atoms with E-state index in [0.29, 0.717) is 6.10 Å². The van der Waals surface area contributed by atoms with E-state index in [1.807, 2.05) is 6.92 Å². The summed E-state index contributed by atoms with van der Waals surface area (Å²) in [5.74, 6) is 0. The van der Waals surface area contributed by atoms with Crippen LogP contribution >= 0.6 is 0 Å². The van der Waals surface area contributed by atoms with Gasteiger partial charge >= 0.3 is 0 Å². The molecule has 0 aromatic carbocycles. The van der Waals surface area contributed by atoms with Crippen molar-refractivity contribution in [3.63, 3.8) is 0 Å². The monoisotopic (exact) mass is 187 g/mol. The maximum Gasteiger partial charge on any atom is 0.0599 e. The fourth-order valence-electron chi connectivity index (χ4n) is 1.45. The summed E-state index contributed by atoms with van der Waals surface area (Å²) in [5, 5.41) is 0. The van der Waals surface area contributed by atoms with Gasteiger partial charge in [-0.25, -0.2) is 0 Å². The van der Waals surface area contributed by atoms with Crippen LogP contribution in [0.15, 0.2) is 0 Å². The number of ether oxygens (including phenoxy) is 2. The second kappa shape index (κ2) is 8.52. The van der Waals surface area contributed by atoms with Crippen LogP contribution in [0.1, 0.15) is 39.5 Å². The van der Waals surface area contributed by atoms with E-state index >= 15 is 0 Å². The van der Waals surface area contributed by atoms with Crippen molar-refractivity contribution in [3.05, 3.63) is 6.92 Å². The first-order valence-electron chi connectivity index (χ1n) is 5.22. The summed E-state index contributed by atoms with van der Waals surface area (Å²) in [5.41, 5.74) is 0. The maximum absolute atomic E-state index is 5.61. The molecule has 0 rings (SSSR count). The van der Waals surface area contributed by atoms with Crippen LogP contribution in [-0.2, 0) is 9.47 Å². The standard InChI is InChI=1S/C11H23O2/c1-5-8-11(13-7-3)9-10(6-2)12-4/h10-11H,2,5-9H2,1,3-4H3. The molecule has 0 amide bonds. The summed E-state index contributed by atoms with van der Waals surface area (Å²) in [4.78, 5) is 0. The Morgan fingerprint density at radius 3 is 2.31 bits per heavy atom. The predicted octanol–water partition coefficient (Wildman–Crippen LogP) is 2.82. The Kier molecular flexibility index (Phi) is 8.46. The average molecular weight is 187 g/mol. The van der Waals surface area contributed by atoms with E-state index in [9.17, 15) is 0 Å². The third kappa shape index (κ3) is 6.05. The normalized spacial score (nSPS) is 15.7. The first-order valence-corrected chi connectivity index (χ1v) is 5.22. The van der Waals surface area contributed by atoms with Crippen molar-refractivity contribution < 1.29 is 9.47 Å². The van der Waals surface area contributed by atoms with Gasteiger partial charge in [0.15, 0.2) is 0 Å². The molecule has 2 unspecified atom stereocenters. The quantitative estimate of drug-likeness (QED) is 0.581. The van der Waals surface area contributed by atoms with Crippen molar-refractivity contribution in [2.24, 2.45) is 0 Å². The van der Waals surface area contributed by atoms with E-state index in [4.69, 9.17) is 9.47 Å². The molecule has 0 bridgehead atoms. The zero-order chi connectivity index (χ0) is 10.1. The minimum atomic E-state index is 0.253. The highest BCUT2D eigenvalue weighted by Crippen LogP contribution is 2.13. The van der Waals surface area contributed by atoms with Gasteiger partial charge in [0.25, 0.3) is 0 Å². The number of rotatable bonds is 8. The predicted molar refractivity (Wildman–Crippen MR) is 55.7 cm³/mol. The SMILES string of the molecule is [CH2]CC(CC(CCC)OCC)OC. The largest absolute Gasteiger partial charge is 0.381 e. The fraction of sp³-hybridized carbons (Fsp3) is 0.909. The molecule has 2 nitrogen and oxygen atoms in total. The second-order valence-electron chi connectivity index (χ2n) is 3.25. The summed E-state index contributed by atoms with van der Waals surface area (Å²) < 4.78 is 10.9. The molecule has 79 valence electrons. The Morgan fingerprint density at radius 2 is 1.92 bits per heavy atom. The van der Waals surface area contributed by atoms with Gasteiger partial charge in [-0.3, -0.25) is 0 Å². The number of hydrogen-bond donors (Lipinski definition) is 0. The highest BCUT2D eigenvalue weighted by atomic mass is 16.5. The Labute approximate surface area is 82.6 Å². The van der Waals surface area contributed by atoms with E-state index in [2.05, 4.69) is 13.8 Å². The lowest BCUT2D eigenvalue weighted by atomic mass is 10.1. The highest BCUT2D eigenvalue weighted by Gasteiger charge is 2.13. The van der Waals surface area contributed by atoms with E-state index in [0.717, 1.165) is 32.3 Å². The van der Waals surface area contributed by atoms with Crippen LogP contribution in [0.25, 0.3) is 0 Å². The van der Waals surface area contributed by atoms with Gasteiger partial charge in [0.05, 0.1) is 12.2 Å². The average Bonchev–Trinajstić information content (AvgIpc) is 2.14. The third-order valence-corrected chi connectivity index (χ3v) is 2.19. The molecule has 0 saturated heterocycles. The highest BCUT2D eigenvalue weighted by molar-refractivity contribution is 4.67. The van der Waals surface area contributed by atoms with Gasteiger partial charge in [0, 0.05) is 13.7 Å². The zero-order valence-electron chi connectivity index (χ0n) is 9.21. The molecule has 0 fully saturated rings. The second-order valence-corrected chi connectivity index (χ2v) is 3.25. The molecule has 0 saturated carbocycles. The molecule has 0 N–H and O–H groups in total. The van der Waals surface area contributed by atoms with Crippen molar-refractivity contribution >= 4 is 0 Å². The Hall–Kier alpha value is -0.0800. The molecule has 2 heteroatoms. The van der Waals surface area contributed by atoms with Gasteiger partial charge in [-0.15, -0.1) is 0 Å².